The molecule has 0 spiro atoms. The van der Waals surface area contributed by atoms with Gasteiger partial charge in [0.25, 0.3) is 0 Å². The molecule has 2 aromatic rings. The van der Waals surface area contributed by atoms with Gasteiger partial charge in [0.2, 0.25) is 0 Å². The van der Waals surface area contributed by atoms with E-state index >= 15 is 0 Å². The van der Waals surface area contributed by atoms with Crippen molar-refractivity contribution in [3.05, 3.63) is 54.6 Å². The Bertz CT molecular complexity index is 344. The molecule has 0 saturated heterocycles. The van der Waals surface area contributed by atoms with Crippen LogP contribution < -0.4 is 0 Å². The maximum atomic E-state index is 7.57. The average molecular weight is 234 g/mol. The number of hydrogen-bond acceptors (Lipinski definition) is 2. The zero-order chi connectivity index (χ0) is 12.9. The number of aliphatic hydroxyl groups excluding tert-OH is 1. The number of benzene rings is 1. The van der Waals surface area contributed by atoms with Crippen LogP contribution in [0.1, 0.15) is 26.3 Å². The predicted molar refractivity (Wildman–Crippen MR) is 71.9 cm³/mol. The molecule has 0 radical (unpaired) electrons. The highest BCUT2D eigenvalue weighted by atomic mass is 16.2. The van der Waals surface area contributed by atoms with Gasteiger partial charge in [-0.05, 0) is 12.5 Å². The lowest BCUT2D eigenvalue weighted by atomic mass is 10.2. The van der Waals surface area contributed by atoms with E-state index in [-0.39, 0.29) is 6.61 Å². The monoisotopic (exact) mass is 234 g/mol. The molecule has 17 heavy (non-hydrogen) atoms. The van der Waals surface area contributed by atoms with E-state index in [1.807, 2.05) is 44.6 Å². The molecule has 0 aliphatic carbocycles. The van der Waals surface area contributed by atoms with Crippen molar-refractivity contribution in [3.8, 4) is 0 Å². The van der Waals surface area contributed by atoms with Gasteiger partial charge in [-0.25, -0.2) is 4.98 Å². The van der Waals surface area contributed by atoms with E-state index in [1.165, 1.54) is 5.56 Å². The van der Waals surface area contributed by atoms with Gasteiger partial charge in [-0.3, -0.25) is 0 Å². The van der Waals surface area contributed by atoms with Gasteiger partial charge in [0.1, 0.15) is 0 Å². The summed E-state index contributed by atoms with van der Waals surface area (Å²) in [5.74, 6) is 0. The maximum absolute atomic E-state index is 7.57. The summed E-state index contributed by atoms with van der Waals surface area (Å²) in [7, 11) is 0. The molecule has 1 N–H and O–H groups in total. The minimum atomic E-state index is 0.250. The Morgan fingerprint density at radius 2 is 1.76 bits per heavy atom. The third-order valence-electron chi connectivity index (χ3n) is 1.77. The van der Waals surface area contributed by atoms with Crippen LogP contribution in [0.25, 0.3) is 0 Å². The molecule has 3 heteroatoms. The van der Waals surface area contributed by atoms with Crippen molar-refractivity contribution in [3.63, 3.8) is 0 Å². The first-order chi connectivity index (χ1) is 8.36. The molecule has 2 rings (SSSR count). The number of hydrogen-bond donors (Lipinski definition) is 1. The molecule has 0 unspecified atom stereocenters. The fraction of sp³-hybridized carbons (Fsp3) is 0.357. The Balaban J connectivity index is 0.000000450. The highest BCUT2D eigenvalue weighted by molar-refractivity contribution is 5.14. The molecule has 1 heterocycles. The van der Waals surface area contributed by atoms with Crippen molar-refractivity contribution in [1.29, 1.82) is 0 Å². The standard InChI is InChI=1S/C10H10N2.C2H6O.C2H6/c1-2-4-10(5-3-1)8-12-7-6-11-9-12;1-2-3;1-2/h1-7,9H,8H2;3H,2H2,1H3;1-2H3. The van der Waals surface area contributed by atoms with Gasteiger partial charge in [0, 0.05) is 25.5 Å². The summed E-state index contributed by atoms with van der Waals surface area (Å²) in [5, 5.41) is 7.57. The Morgan fingerprint density at radius 1 is 1.18 bits per heavy atom. The van der Waals surface area contributed by atoms with Crippen molar-refractivity contribution >= 4 is 0 Å². The summed E-state index contributed by atoms with van der Waals surface area (Å²) in [6.45, 7) is 6.83. The fourth-order valence-corrected chi connectivity index (χ4v) is 1.17. The molecular weight excluding hydrogens is 212 g/mol. The van der Waals surface area contributed by atoms with Crippen molar-refractivity contribution < 1.29 is 5.11 Å². The molecular formula is C14H22N2O. The molecule has 0 fully saturated rings. The minimum absolute atomic E-state index is 0.250. The zero-order valence-corrected chi connectivity index (χ0v) is 10.9. The van der Waals surface area contributed by atoms with Gasteiger partial charge < -0.3 is 9.67 Å². The number of rotatable bonds is 2. The molecule has 0 atom stereocenters. The van der Waals surface area contributed by atoms with Gasteiger partial charge in [-0.1, -0.05) is 44.2 Å². The Hall–Kier alpha value is -1.61. The first-order valence-corrected chi connectivity index (χ1v) is 5.97. The van der Waals surface area contributed by atoms with Gasteiger partial charge in [-0.2, -0.15) is 0 Å². The van der Waals surface area contributed by atoms with Crippen LogP contribution in [0.15, 0.2) is 49.1 Å². The molecule has 0 saturated carbocycles. The molecule has 3 nitrogen and oxygen atoms in total. The lowest BCUT2D eigenvalue weighted by molar-refractivity contribution is 0.318. The van der Waals surface area contributed by atoms with Gasteiger partial charge in [0.15, 0.2) is 0 Å². The van der Waals surface area contributed by atoms with E-state index in [4.69, 9.17) is 5.11 Å². The van der Waals surface area contributed by atoms with Crippen LogP contribution in [-0.4, -0.2) is 21.3 Å². The minimum Gasteiger partial charge on any atom is -0.397 e. The number of imidazole rings is 1. The number of aromatic nitrogens is 2. The molecule has 1 aromatic carbocycles. The van der Waals surface area contributed by atoms with E-state index in [2.05, 4.69) is 21.7 Å². The second-order valence-electron chi connectivity index (χ2n) is 3.04. The maximum Gasteiger partial charge on any atom is 0.0949 e. The third-order valence-corrected chi connectivity index (χ3v) is 1.77. The molecule has 1 aromatic heterocycles. The van der Waals surface area contributed by atoms with Crippen LogP contribution in [-0.2, 0) is 6.54 Å². The molecule has 0 aliphatic heterocycles. The Kier molecular flexibility index (Phi) is 9.86. The van der Waals surface area contributed by atoms with Crippen LogP contribution >= 0.6 is 0 Å². The molecule has 0 aliphatic rings. The average Bonchev–Trinajstić information content (AvgIpc) is 2.87. The molecule has 0 bridgehead atoms. The molecule has 0 amide bonds. The van der Waals surface area contributed by atoms with E-state index in [0.29, 0.717) is 0 Å². The third kappa shape index (κ3) is 7.30. The van der Waals surface area contributed by atoms with Gasteiger partial charge in [-0.15, -0.1) is 0 Å². The predicted octanol–water partition coefficient (Wildman–Crippen LogP) is 2.96. The Labute approximate surface area is 104 Å². The lowest BCUT2D eigenvalue weighted by Gasteiger charge is -2.00. The van der Waals surface area contributed by atoms with E-state index in [0.717, 1.165) is 6.54 Å². The van der Waals surface area contributed by atoms with Crippen LogP contribution in [0, 0.1) is 0 Å². The van der Waals surface area contributed by atoms with Crippen molar-refractivity contribution in [1.82, 2.24) is 9.55 Å². The van der Waals surface area contributed by atoms with E-state index in [1.54, 1.807) is 13.1 Å². The normalized spacial score (nSPS) is 8.47. The van der Waals surface area contributed by atoms with Crippen LogP contribution in [0.3, 0.4) is 0 Å². The van der Waals surface area contributed by atoms with Crippen molar-refractivity contribution in [2.24, 2.45) is 0 Å². The molecule has 94 valence electrons. The number of aliphatic hydroxyl groups is 1. The van der Waals surface area contributed by atoms with Gasteiger partial charge >= 0.3 is 0 Å². The smallest absolute Gasteiger partial charge is 0.0949 e. The van der Waals surface area contributed by atoms with Crippen molar-refractivity contribution in [2.75, 3.05) is 6.61 Å². The van der Waals surface area contributed by atoms with E-state index < -0.39 is 0 Å². The first-order valence-electron chi connectivity index (χ1n) is 5.97. The quantitative estimate of drug-likeness (QED) is 0.867. The summed E-state index contributed by atoms with van der Waals surface area (Å²) in [6.07, 6.45) is 5.59. The van der Waals surface area contributed by atoms with Gasteiger partial charge in [0.05, 0.1) is 6.33 Å². The Morgan fingerprint density at radius 3 is 2.24 bits per heavy atom. The number of nitrogens with zero attached hydrogens (tertiary/aromatic N) is 2. The van der Waals surface area contributed by atoms with E-state index in [9.17, 15) is 0 Å². The van der Waals surface area contributed by atoms with Crippen LogP contribution in [0.4, 0.5) is 0 Å². The first kappa shape index (κ1) is 15.4. The lowest BCUT2D eigenvalue weighted by Crippen LogP contribution is -1.95. The highest BCUT2D eigenvalue weighted by Gasteiger charge is 1.91. The van der Waals surface area contributed by atoms with Crippen LogP contribution in [0.2, 0.25) is 0 Å². The SMILES string of the molecule is CC.CCO.c1ccc(Cn2ccnc2)cc1. The summed E-state index contributed by atoms with van der Waals surface area (Å²) in [4.78, 5) is 3.98. The zero-order valence-electron chi connectivity index (χ0n) is 10.9. The summed E-state index contributed by atoms with van der Waals surface area (Å²) < 4.78 is 2.05. The summed E-state index contributed by atoms with van der Waals surface area (Å²) in [6, 6.07) is 10.3. The van der Waals surface area contributed by atoms with Crippen LogP contribution in [0.5, 0.6) is 0 Å². The second-order valence-corrected chi connectivity index (χ2v) is 3.04. The highest BCUT2D eigenvalue weighted by Crippen LogP contribution is 2.00. The topological polar surface area (TPSA) is 38.0 Å². The summed E-state index contributed by atoms with van der Waals surface area (Å²) in [5.41, 5.74) is 1.30. The van der Waals surface area contributed by atoms with Crippen molar-refractivity contribution in [2.45, 2.75) is 27.3 Å². The largest absolute Gasteiger partial charge is 0.397 e. The second kappa shape index (κ2) is 10.9. The summed E-state index contributed by atoms with van der Waals surface area (Å²) >= 11 is 0. The fourth-order valence-electron chi connectivity index (χ4n) is 1.17.